The topological polar surface area (TPSA) is 65.1 Å². The Morgan fingerprint density at radius 3 is 2.68 bits per heavy atom. The van der Waals surface area contributed by atoms with Crippen LogP contribution in [0.4, 0.5) is 20.6 Å². The molecule has 1 atom stereocenters. The van der Waals surface area contributed by atoms with Crippen LogP contribution in [0.3, 0.4) is 0 Å². The maximum absolute atomic E-state index is 14.7. The summed E-state index contributed by atoms with van der Waals surface area (Å²) in [4.78, 5) is 28.9. The second-order valence-corrected chi connectivity index (χ2v) is 7.84. The molecular weight excluding hydrogens is 383 g/mol. The van der Waals surface area contributed by atoms with Crippen molar-refractivity contribution in [3.05, 3.63) is 24.0 Å². The predicted octanol–water partition coefficient (Wildman–Crippen LogP) is 1.76. The summed E-state index contributed by atoms with van der Waals surface area (Å²) >= 11 is 5.29. The molecule has 150 valence electrons. The molecule has 2 amide bonds. The van der Waals surface area contributed by atoms with Crippen molar-refractivity contribution >= 4 is 41.1 Å². The molecule has 1 aromatic carbocycles. The number of nitrogens with one attached hydrogen (secondary N) is 1. The maximum atomic E-state index is 14.7. The first-order valence-corrected chi connectivity index (χ1v) is 9.95. The Balaban J connectivity index is 1.37. The molecule has 0 radical (unpaired) electrons. The number of hydrogen-bond donors (Lipinski definition) is 1. The largest absolute Gasteiger partial charge is 0.442 e. The first-order valence-electron chi connectivity index (χ1n) is 9.55. The van der Waals surface area contributed by atoms with Crippen molar-refractivity contribution in [3.8, 4) is 0 Å². The van der Waals surface area contributed by atoms with Crippen molar-refractivity contribution in [1.29, 1.82) is 0 Å². The molecule has 28 heavy (non-hydrogen) atoms. The van der Waals surface area contributed by atoms with Crippen molar-refractivity contribution in [2.75, 3.05) is 49.1 Å². The lowest BCUT2D eigenvalue weighted by molar-refractivity contribution is -0.118. The van der Waals surface area contributed by atoms with Crippen LogP contribution in [-0.4, -0.2) is 67.8 Å². The lowest BCUT2D eigenvalue weighted by atomic mass is 10.2. The highest BCUT2D eigenvalue weighted by Crippen LogP contribution is 2.30. The van der Waals surface area contributed by atoms with Gasteiger partial charge in [-0.2, -0.15) is 0 Å². The number of rotatable bonds is 6. The number of thiocarbonyl (C=S) groups is 1. The monoisotopic (exact) mass is 406 g/mol. The summed E-state index contributed by atoms with van der Waals surface area (Å²) in [6.45, 7) is 3.13. The van der Waals surface area contributed by atoms with Gasteiger partial charge in [-0.15, -0.1) is 0 Å². The second kappa shape index (κ2) is 7.90. The van der Waals surface area contributed by atoms with E-state index in [0.29, 0.717) is 56.6 Å². The standard InChI is InChI=1S/C19H23FN4O3S/c20-16-9-14(3-4-17(16)23-7-5-22(12-25)6-8-23)24-11-15(27-19(24)26)10-21-18(28)13-1-2-13/h3-4,9,12-13,15H,1-2,5-8,10-11H2,(H,21,28). The van der Waals surface area contributed by atoms with E-state index in [9.17, 15) is 14.0 Å². The van der Waals surface area contributed by atoms with Crippen LogP contribution >= 0.6 is 12.2 Å². The molecule has 0 bridgehead atoms. The number of carbonyl (C=O) groups is 2. The minimum atomic E-state index is -0.476. The molecule has 0 aromatic heterocycles. The van der Waals surface area contributed by atoms with E-state index >= 15 is 0 Å². The van der Waals surface area contributed by atoms with Crippen LogP contribution in [0.1, 0.15) is 12.8 Å². The Labute approximate surface area is 168 Å². The van der Waals surface area contributed by atoms with Gasteiger partial charge in [0, 0.05) is 32.1 Å². The van der Waals surface area contributed by atoms with Crippen LogP contribution in [0.5, 0.6) is 0 Å². The minimum Gasteiger partial charge on any atom is -0.442 e. The fourth-order valence-electron chi connectivity index (χ4n) is 3.53. The van der Waals surface area contributed by atoms with Crippen LogP contribution < -0.4 is 15.1 Å². The predicted molar refractivity (Wildman–Crippen MR) is 107 cm³/mol. The highest BCUT2D eigenvalue weighted by atomic mass is 32.1. The molecule has 3 fully saturated rings. The number of halogens is 1. The van der Waals surface area contributed by atoms with E-state index in [1.54, 1.807) is 17.0 Å². The summed E-state index contributed by atoms with van der Waals surface area (Å²) in [7, 11) is 0. The number of ether oxygens (including phenoxy) is 1. The zero-order chi connectivity index (χ0) is 19.7. The molecule has 3 aliphatic rings. The van der Waals surface area contributed by atoms with Gasteiger partial charge in [-0.05, 0) is 31.0 Å². The van der Waals surface area contributed by atoms with E-state index in [1.807, 2.05) is 4.90 Å². The molecule has 1 aliphatic carbocycles. The average molecular weight is 406 g/mol. The average Bonchev–Trinajstić information content (AvgIpc) is 3.49. The van der Waals surface area contributed by atoms with Gasteiger partial charge in [0.05, 0.1) is 29.5 Å². The van der Waals surface area contributed by atoms with E-state index in [1.165, 1.54) is 11.0 Å². The van der Waals surface area contributed by atoms with Gasteiger partial charge in [0.15, 0.2) is 0 Å². The Bertz CT molecular complexity index is 780. The number of piperazine rings is 1. The van der Waals surface area contributed by atoms with Gasteiger partial charge >= 0.3 is 6.09 Å². The maximum Gasteiger partial charge on any atom is 0.414 e. The van der Waals surface area contributed by atoms with Gasteiger partial charge in [0.1, 0.15) is 11.9 Å². The van der Waals surface area contributed by atoms with Gasteiger partial charge in [0.25, 0.3) is 0 Å². The molecule has 1 unspecified atom stereocenters. The van der Waals surface area contributed by atoms with Gasteiger partial charge in [-0.3, -0.25) is 9.69 Å². The highest BCUT2D eigenvalue weighted by molar-refractivity contribution is 7.80. The summed E-state index contributed by atoms with van der Waals surface area (Å²) in [6, 6.07) is 4.78. The summed E-state index contributed by atoms with van der Waals surface area (Å²) in [5, 5.41) is 3.17. The van der Waals surface area contributed by atoms with Crippen molar-refractivity contribution < 1.29 is 18.7 Å². The number of benzene rings is 1. The van der Waals surface area contributed by atoms with Crippen LogP contribution in [0, 0.1) is 11.7 Å². The molecule has 2 heterocycles. The van der Waals surface area contributed by atoms with E-state index in [4.69, 9.17) is 17.0 Å². The first kappa shape index (κ1) is 18.9. The summed E-state index contributed by atoms with van der Waals surface area (Å²) < 4.78 is 20.1. The summed E-state index contributed by atoms with van der Waals surface area (Å²) in [6.07, 6.45) is 2.27. The van der Waals surface area contributed by atoms with Crippen LogP contribution in [0.25, 0.3) is 0 Å². The van der Waals surface area contributed by atoms with Gasteiger partial charge < -0.3 is 19.9 Å². The third-order valence-corrected chi connectivity index (χ3v) is 5.85. The number of cyclic esters (lactones) is 1. The van der Waals surface area contributed by atoms with Crippen LogP contribution in [0.15, 0.2) is 18.2 Å². The number of nitrogens with zero attached hydrogens (tertiary/aromatic N) is 3. The molecule has 1 aromatic rings. The molecule has 1 saturated carbocycles. The lowest BCUT2D eigenvalue weighted by Gasteiger charge is -2.34. The number of anilines is 2. The Morgan fingerprint density at radius 1 is 1.29 bits per heavy atom. The molecule has 7 nitrogen and oxygen atoms in total. The number of hydrogen-bond acceptors (Lipinski definition) is 5. The zero-order valence-corrected chi connectivity index (χ0v) is 16.3. The van der Waals surface area contributed by atoms with Crippen LogP contribution in [-0.2, 0) is 9.53 Å². The molecule has 1 N–H and O–H groups in total. The summed E-state index contributed by atoms with van der Waals surface area (Å²) in [5.74, 6) is 0.0829. The fraction of sp³-hybridized carbons (Fsp3) is 0.526. The van der Waals surface area contributed by atoms with E-state index in [0.717, 1.165) is 24.2 Å². The molecular formula is C19H23FN4O3S. The number of carbonyl (C=O) groups excluding carboxylic acids is 2. The van der Waals surface area contributed by atoms with Gasteiger partial charge in [0.2, 0.25) is 6.41 Å². The zero-order valence-electron chi connectivity index (χ0n) is 15.5. The van der Waals surface area contributed by atoms with Gasteiger partial charge in [-0.1, -0.05) is 12.2 Å². The third-order valence-electron chi connectivity index (χ3n) is 5.37. The SMILES string of the molecule is O=CN1CCN(c2ccc(N3CC(CNC(=S)C4CC4)OC3=O)cc2F)CC1. The van der Waals surface area contributed by atoms with Crippen molar-refractivity contribution in [1.82, 2.24) is 10.2 Å². The van der Waals surface area contributed by atoms with Crippen molar-refractivity contribution in [2.24, 2.45) is 5.92 Å². The molecule has 2 saturated heterocycles. The Kier molecular flexibility index (Phi) is 5.34. The van der Waals surface area contributed by atoms with E-state index < -0.39 is 6.09 Å². The summed E-state index contributed by atoms with van der Waals surface area (Å²) in [5.41, 5.74) is 0.958. The minimum absolute atomic E-state index is 0.316. The Morgan fingerprint density at radius 2 is 2.04 bits per heavy atom. The quantitative estimate of drug-likeness (QED) is 0.574. The molecule has 9 heteroatoms. The smallest absolute Gasteiger partial charge is 0.414 e. The van der Waals surface area contributed by atoms with E-state index in [2.05, 4.69) is 5.32 Å². The third kappa shape index (κ3) is 4.04. The molecule has 2 aliphatic heterocycles. The normalized spacial score (nSPS) is 22.2. The van der Waals surface area contributed by atoms with Crippen molar-refractivity contribution in [3.63, 3.8) is 0 Å². The number of amides is 2. The first-order chi connectivity index (χ1) is 13.5. The fourth-order valence-corrected chi connectivity index (χ4v) is 3.85. The molecule has 0 spiro atoms. The van der Waals surface area contributed by atoms with Crippen molar-refractivity contribution in [2.45, 2.75) is 18.9 Å². The molecule has 4 rings (SSSR count). The van der Waals surface area contributed by atoms with Crippen LogP contribution in [0.2, 0.25) is 0 Å². The highest BCUT2D eigenvalue weighted by Gasteiger charge is 2.34. The lowest BCUT2D eigenvalue weighted by Crippen LogP contribution is -2.46. The Hall–Kier alpha value is -2.42. The van der Waals surface area contributed by atoms with Gasteiger partial charge in [-0.25, -0.2) is 9.18 Å². The van der Waals surface area contributed by atoms with E-state index in [-0.39, 0.29) is 11.9 Å². The second-order valence-electron chi connectivity index (χ2n) is 7.40.